The number of nitrogens with one attached hydrogen (secondary N) is 2. The van der Waals surface area contributed by atoms with E-state index in [9.17, 15) is 19.5 Å². The minimum atomic E-state index is -1.13. The van der Waals surface area contributed by atoms with Crippen molar-refractivity contribution in [2.24, 2.45) is 0 Å². The number of carbonyl (C=O) groups excluding carboxylic acids is 2. The predicted octanol–water partition coefficient (Wildman–Crippen LogP) is 3.65. The number of oxazole rings is 1. The molecule has 10 heteroatoms. The first-order valence-electron chi connectivity index (χ1n) is 11.0. The molecule has 1 aromatic heterocycles. The van der Waals surface area contributed by atoms with Crippen molar-refractivity contribution in [3.05, 3.63) is 77.5 Å². The number of hydrogen-bond acceptors (Lipinski definition) is 7. The SMILES string of the molecule is CSCC[C@H](NC(=O)c1ncoc1CNC(=O)OCC1c2ccccc2-c2ccccc21)C(=O)O. The zero-order valence-electron chi connectivity index (χ0n) is 19.0. The molecule has 1 heterocycles. The van der Waals surface area contributed by atoms with Crippen LogP contribution in [0.15, 0.2) is 59.3 Å². The zero-order valence-corrected chi connectivity index (χ0v) is 19.8. The third-order valence-corrected chi connectivity index (χ3v) is 6.45. The van der Waals surface area contributed by atoms with Gasteiger partial charge in [0, 0.05) is 5.92 Å². The van der Waals surface area contributed by atoms with E-state index in [0.29, 0.717) is 5.75 Å². The number of aromatic nitrogens is 1. The number of benzene rings is 2. The van der Waals surface area contributed by atoms with E-state index in [2.05, 4.69) is 27.8 Å². The van der Waals surface area contributed by atoms with E-state index in [4.69, 9.17) is 9.15 Å². The van der Waals surface area contributed by atoms with Crippen molar-refractivity contribution in [1.82, 2.24) is 15.6 Å². The Hall–Kier alpha value is -3.79. The summed E-state index contributed by atoms with van der Waals surface area (Å²) in [6.07, 6.45) is 2.53. The van der Waals surface area contributed by atoms with Crippen LogP contribution in [0.5, 0.6) is 0 Å². The quantitative estimate of drug-likeness (QED) is 0.389. The predicted molar refractivity (Wildman–Crippen MR) is 130 cm³/mol. The van der Waals surface area contributed by atoms with Crippen LogP contribution in [0.1, 0.15) is 39.7 Å². The van der Waals surface area contributed by atoms with E-state index >= 15 is 0 Å². The Labute approximate surface area is 206 Å². The lowest BCUT2D eigenvalue weighted by Crippen LogP contribution is -2.41. The van der Waals surface area contributed by atoms with Gasteiger partial charge in [0.25, 0.3) is 5.91 Å². The highest BCUT2D eigenvalue weighted by molar-refractivity contribution is 7.98. The van der Waals surface area contributed by atoms with Crippen LogP contribution in [0.4, 0.5) is 4.79 Å². The second-order valence-corrected chi connectivity index (χ2v) is 8.93. The molecule has 1 aliphatic carbocycles. The van der Waals surface area contributed by atoms with Crippen LogP contribution in [0.25, 0.3) is 11.1 Å². The van der Waals surface area contributed by atoms with Crippen molar-refractivity contribution < 1.29 is 28.6 Å². The molecule has 0 saturated heterocycles. The standard InChI is InChI=1S/C25H25N3O6S/c1-35-11-10-20(24(30)31)28-23(29)22-21(34-14-27-22)12-26-25(32)33-13-19-17-8-4-2-6-15(17)16-7-3-5-9-18(16)19/h2-9,14,19-20H,10-13H2,1H3,(H,26,32)(H,28,29)(H,30,31)/t20-/m0/s1. The molecule has 0 saturated carbocycles. The van der Waals surface area contributed by atoms with Crippen LogP contribution in [0.3, 0.4) is 0 Å². The molecule has 0 fully saturated rings. The van der Waals surface area contributed by atoms with Gasteiger partial charge in [-0.1, -0.05) is 48.5 Å². The van der Waals surface area contributed by atoms with Crippen LogP contribution in [-0.2, 0) is 16.1 Å². The van der Waals surface area contributed by atoms with E-state index < -0.39 is 24.0 Å². The highest BCUT2D eigenvalue weighted by atomic mass is 32.2. The van der Waals surface area contributed by atoms with Crippen molar-refractivity contribution in [3.8, 4) is 11.1 Å². The molecule has 35 heavy (non-hydrogen) atoms. The molecule has 182 valence electrons. The van der Waals surface area contributed by atoms with Crippen molar-refractivity contribution in [2.45, 2.75) is 24.9 Å². The van der Waals surface area contributed by atoms with Crippen molar-refractivity contribution >= 4 is 29.7 Å². The number of hydrogen-bond donors (Lipinski definition) is 3. The van der Waals surface area contributed by atoms with E-state index in [1.54, 1.807) is 0 Å². The number of thioether (sulfide) groups is 1. The summed E-state index contributed by atoms with van der Waals surface area (Å²) in [5, 5.41) is 14.3. The topological polar surface area (TPSA) is 131 Å². The van der Waals surface area contributed by atoms with Gasteiger partial charge in [-0.15, -0.1) is 0 Å². The van der Waals surface area contributed by atoms with E-state index in [1.165, 1.54) is 11.8 Å². The second kappa shape index (κ2) is 11.1. The van der Waals surface area contributed by atoms with Gasteiger partial charge >= 0.3 is 12.1 Å². The Morgan fingerprint density at radius 3 is 2.40 bits per heavy atom. The van der Waals surface area contributed by atoms with Gasteiger partial charge in [-0.2, -0.15) is 11.8 Å². The molecule has 3 aromatic rings. The van der Waals surface area contributed by atoms with Gasteiger partial charge in [-0.25, -0.2) is 14.6 Å². The van der Waals surface area contributed by atoms with Crippen molar-refractivity contribution in [1.29, 1.82) is 0 Å². The van der Waals surface area contributed by atoms with Crippen LogP contribution in [-0.4, -0.2) is 52.7 Å². The Morgan fingerprint density at radius 2 is 1.77 bits per heavy atom. The number of carbonyl (C=O) groups is 3. The fourth-order valence-corrected chi connectivity index (χ4v) is 4.57. The van der Waals surface area contributed by atoms with Crippen LogP contribution < -0.4 is 10.6 Å². The number of rotatable bonds is 10. The van der Waals surface area contributed by atoms with Crippen LogP contribution in [0, 0.1) is 0 Å². The van der Waals surface area contributed by atoms with Crippen molar-refractivity contribution in [2.75, 3.05) is 18.6 Å². The van der Waals surface area contributed by atoms with Gasteiger partial charge < -0.3 is 24.9 Å². The molecule has 0 bridgehead atoms. The fourth-order valence-electron chi connectivity index (χ4n) is 4.10. The molecule has 2 aromatic carbocycles. The summed E-state index contributed by atoms with van der Waals surface area (Å²) in [6, 6.07) is 15.0. The molecular weight excluding hydrogens is 470 g/mol. The summed E-state index contributed by atoms with van der Waals surface area (Å²) in [6.45, 7) is 0.0152. The lowest BCUT2D eigenvalue weighted by atomic mass is 9.98. The maximum Gasteiger partial charge on any atom is 0.407 e. The third-order valence-electron chi connectivity index (χ3n) is 5.81. The summed E-state index contributed by atoms with van der Waals surface area (Å²) in [7, 11) is 0. The lowest BCUT2D eigenvalue weighted by Gasteiger charge is -2.15. The molecule has 4 rings (SSSR count). The number of ether oxygens (including phenoxy) is 1. The van der Waals surface area contributed by atoms with E-state index in [-0.39, 0.29) is 36.9 Å². The van der Waals surface area contributed by atoms with E-state index in [0.717, 1.165) is 28.6 Å². The summed E-state index contributed by atoms with van der Waals surface area (Å²) < 4.78 is 10.7. The Balaban J connectivity index is 1.34. The molecule has 2 amide bonds. The number of aliphatic carboxylic acids is 1. The van der Waals surface area contributed by atoms with Gasteiger partial charge in [0.1, 0.15) is 12.6 Å². The highest BCUT2D eigenvalue weighted by Gasteiger charge is 2.29. The van der Waals surface area contributed by atoms with Gasteiger partial charge in [0.05, 0.1) is 6.54 Å². The van der Waals surface area contributed by atoms with Gasteiger partial charge in [0.15, 0.2) is 17.8 Å². The number of amides is 2. The lowest BCUT2D eigenvalue weighted by molar-refractivity contribution is -0.139. The Kier molecular flexibility index (Phi) is 7.71. The average molecular weight is 496 g/mol. The molecule has 1 atom stereocenters. The Morgan fingerprint density at radius 1 is 1.11 bits per heavy atom. The average Bonchev–Trinajstić information content (AvgIpc) is 3.46. The molecular formula is C25H25N3O6S. The third kappa shape index (κ3) is 5.48. The minimum absolute atomic E-state index is 0.0750. The molecule has 0 radical (unpaired) electrons. The molecule has 3 N–H and O–H groups in total. The molecule has 0 aliphatic heterocycles. The smallest absolute Gasteiger partial charge is 0.407 e. The molecule has 1 aliphatic rings. The largest absolute Gasteiger partial charge is 0.480 e. The number of alkyl carbamates (subject to hydrolysis) is 1. The second-order valence-electron chi connectivity index (χ2n) is 7.95. The number of nitrogens with zero attached hydrogens (tertiary/aromatic N) is 1. The maximum atomic E-state index is 12.5. The number of carboxylic acids is 1. The summed E-state index contributed by atoms with van der Waals surface area (Å²) in [4.78, 5) is 40.2. The van der Waals surface area contributed by atoms with E-state index in [1.807, 2.05) is 42.7 Å². The van der Waals surface area contributed by atoms with Crippen LogP contribution >= 0.6 is 11.8 Å². The van der Waals surface area contributed by atoms with Crippen molar-refractivity contribution in [3.63, 3.8) is 0 Å². The van der Waals surface area contributed by atoms with Crippen LogP contribution in [0.2, 0.25) is 0 Å². The number of fused-ring (bicyclic) bond motifs is 3. The summed E-state index contributed by atoms with van der Waals surface area (Å²) >= 11 is 1.48. The normalized spacial score (nSPS) is 12.9. The first kappa shape index (κ1) is 24.3. The number of carboxylic acid groups (broad SMARTS) is 1. The zero-order chi connectivity index (χ0) is 24.8. The first-order valence-corrected chi connectivity index (χ1v) is 12.4. The van der Waals surface area contributed by atoms with Gasteiger partial charge in [-0.05, 0) is 40.7 Å². The Bertz CT molecular complexity index is 1180. The molecule has 0 unspecified atom stereocenters. The first-order chi connectivity index (χ1) is 17.0. The van der Waals surface area contributed by atoms with Gasteiger partial charge in [-0.3, -0.25) is 4.79 Å². The van der Waals surface area contributed by atoms with Gasteiger partial charge in [0.2, 0.25) is 0 Å². The summed E-state index contributed by atoms with van der Waals surface area (Å²) in [5.74, 6) is -1.21. The summed E-state index contributed by atoms with van der Waals surface area (Å²) in [5.41, 5.74) is 4.38. The fraction of sp³-hybridized carbons (Fsp3) is 0.280. The molecule has 0 spiro atoms. The highest BCUT2D eigenvalue weighted by Crippen LogP contribution is 2.44. The monoisotopic (exact) mass is 495 g/mol. The minimum Gasteiger partial charge on any atom is -0.480 e. The maximum absolute atomic E-state index is 12.5. The molecule has 9 nitrogen and oxygen atoms in total.